The lowest BCUT2D eigenvalue weighted by Gasteiger charge is -2.36. The summed E-state index contributed by atoms with van der Waals surface area (Å²) in [6, 6.07) is 6.12. The fraction of sp³-hybridized carbons (Fsp3) is 0.632. The molecule has 5 heteroatoms. The van der Waals surface area contributed by atoms with Gasteiger partial charge in [-0.25, -0.2) is 0 Å². The largest absolute Gasteiger partial charge is 0.491 e. The maximum Gasteiger partial charge on any atom is 0.308 e. The molecule has 2 N–H and O–H groups in total. The third kappa shape index (κ3) is 3.73. The van der Waals surface area contributed by atoms with Crippen LogP contribution in [0.15, 0.2) is 18.2 Å². The zero-order chi connectivity index (χ0) is 17.1. The molecule has 1 aromatic rings. The molecule has 0 aromatic heterocycles. The molecule has 132 valence electrons. The summed E-state index contributed by atoms with van der Waals surface area (Å²) in [5.41, 5.74) is 1.98. The number of aliphatic hydroxyl groups excluding tert-OH is 1. The first-order valence-electron chi connectivity index (χ1n) is 8.92. The number of nitrogens with one attached hydrogen (secondary N) is 1. The molecule has 3 rings (SSSR count). The van der Waals surface area contributed by atoms with E-state index >= 15 is 0 Å². The minimum atomic E-state index is -0.558. The standard InChI is InChI=1S/C19H27NO4/c1-3-23-19(22)13-5-7-14(8-6-13)20-16-11-24-17-10-12(2)4-9-15(17)18(16)21/h4,9-10,13-14,16,18,20-21H,3,5-8,11H2,1-2H3/t13?,14?,16-,18+/m1/s1. The second-order valence-corrected chi connectivity index (χ2v) is 6.87. The molecule has 1 aliphatic carbocycles. The number of rotatable bonds is 4. The lowest BCUT2D eigenvalue weighted by molar-refractivity contribution is -0.149. The van der Waals surface area contributed by atoms with E-state index in [1.807, 2.05) is 32.0 Å². The van der Waals surface area contributed by atoms with Crippen molar-refractivity contribution in [2.24, 2.45) is 5.92 Å². The molecule has 0 saturated heterocycles. The zero-order valence-electron chi connectivity index (χ0n) is 14.5. The van der Waals surface area contributed by atoms with Gasteiger partial charge in [0.1, 0.15) is 18.5 Å². The minimum absolute atomic E-state index is 0.0271. The van der Waals surface area contributed by atoms with Crippen molar-refractivity contribution in [1.29, 1.82) is 0 Å². The van der Waals surface area contributed by atoms with Crippen molar-refractivity contribution >= 4 is 5.97 Å². The van der Waals surface area contributed by atoms with Crippen LogP contribution >= 0.6 is 0 Å². The van der Waals surface area contributed by atoms with Crippen molar-refractivity contribution in [3.63, 3.8) is 0 Å². The van der Waals surface area contributed by atoms with Gasteiger partial charge in [0.15, 0.2) is 0 Å². The van der Waals surface area contributed by atoms with Crippen LogP contribution in [-0.4, -0.2) is 36.4 Å². The van der Waals surface area contributed by atoms with Gasteiger partial charge in [0.05, 0.1) is 18.6 Å². The molecular formula is C19H27NO4. The number of hydrogen-bond donors (Lipinski definition) is 2. The van der Waals surface area contributed by atoms with Crippen molar-refractivity contribution in [3.05, 3.63) is 29.3 Å². The summed E-state index contributed by atoms with van der Waals surface area (Å²) in [5, 5.41) is 14.2. The summed E-state index contributed by atoms with van der Waals surface area (Å²) in [6.07, 6.45) is 2.98. The van der Waals surface area contributed by atoms with E-state index in [0.717, 1.165) is 42.6 Å². The van der Waals surface area contributed by atoms with E-state index < -0.39 is 6.10 Å². The number of benzene rings is 1. The first-order valence-corrected chi connectivity index (χ1v) is 8.92. The molecule has 0 radical (unpaired) electrons. The lowest BCUT2D eigenvalue weighted by Crippen LogP contribution is -2.48. The topological polar surface area (TPSA) is 67.8 Å². The van der Waals surface area contributed by atoms with Crippen LogP contribution in [0.2, 0.25) is 0 Å². The fourth-order valence-electron chi connectivity index (χ4n) is 3.70. The van der Waals surface area contributed by atoms with Crippen LogP contribution in [0, 0.1) is 12.8 Å². The normalized spacial score (nSPS) is 29.5. The van der Waals surface area contributed by atoms with E-state index in [4.69, 9.17) is 9.47 Å². The first kappa shape index (κ1) is 17.2. The quantitative estimate of drug-likeness (QED) is 0.829. The number of carbonyl (C=O) groups is 1. The van der Waals surface area contributed by atoms with Crippen molar-refractivity contribution < 1.29 is 19.4 Å². The van der Waals surface area contributed by atoms with Crippen LogP contribution in [0.3, 0.4) is 0 Å². The van der Waals surface area contributed by atoms with E-state index in [-0.39, 0.29) is 17.9 Å². The Morgan fingerprint density at radius 2 is 2.08 bits per heavy atom. The highest BCUT2D eigenvalue weighted by Crippen LogP contribution is 2.34. The molecule has 2 atom stereocenters. The zero-order valence-corrected chi connectivity index (χ0v) is 14.5. The Balaban J connectivity index is 1.54. The van der Waals surface area contributed by atoms with Gasteiger partial charge in [0.25, 0.3) is 0 Å². The Morgan fingerprint density at radius 1 is 1.33 bits per heavy atom. The van der Waals surface area contributed by atoms with Gasteiger partial charge in [-0.3, -0.25) is 4.79 Å². The van der Waals surface area contributed by atoms with Gasteiger partial charge in [0, 0.05) is 11.6 Å². The molecule has 24 heavy (non-hydrogen) atoms. The van der Waals surface area contributed by atoms with E-state index in [0.29, 0.717) is 19.3 Å². The van der Waals surface area contributed by atoms with Gasteiger partial charge < -0.3 is 19.9 Å². The molecule has 1 heterocycles. The summed E-state index contributed by atoms with van der Waals surface area (Å²) in [4.78, 5) is 11.8. The predicted molar refractivity (Wildman–Crippen MR) is 90.9 cm³/mol. The van der Waals surface area contributed by atoms with Gasteiger partial charge in [-0.2, -0.15) is 0 Å². The SMILES string of the molecule is CCOC(=O)C1CCC(N[C@@H]2COc3cc(C)ccc3[C@@H]2O)CC1. The number of fused-ring (bicyclic) bond motifs is 1. The number of esters is 1. The van der Waals surface area contributed by atoms with Crippen molar-refractivity contribution in [1.82, 2.24) is 5.32 Å². The third-order valence-electron chi connectivity index (χ3n) is 5.08. The smallest absolute Gasteiger partial charge is 0.308 e. The van der Waals surface area contributed by atoms with Crippen LogP contribution in [0.4, 0.5) is 0 Å². The molecule has 0 amide bonds. The summed E-state index contributed by atoms with van der Waals surface area (Å²) in [6.45, 7) is 4.77. The van der Waals surface area contributed by atoms with Crippen LogP contribution < -0.4 is 10.1 Å². The molecule has 0 spiro atoms. The Labute approximate surface area is 143 Å². The van der Waals surface area contributed by atoms with Crippen LogP contribution in [0.25, 0.3) is 0 Å². The van der Waals surface area contributed by atoms with Gasteiger partial charge >= 0.3 is 5.97 Å². The maximum atomic E-state index is 11.8. The molecule has 1 fully saturated rings. The Bertz CT molecular complexity index is 581. The molecule has 0 bridgehead atoms. The second kappa shape index (κ2) is 7.53. The predicted octanol–water partition coefficient (Wildman–Crippen LogP) is 2.50. The van der Waals surface area contributed by atoms with Crippen LogP contribution in [0.5, 0.6) is 5.75 Å². The van der Waals surface area contributed by atoms with E-state index in [9.17, 15) is 9.90 Å². The summed E-state index contributed by atoms with van der Waals surface area (Å²) in [5.74, 6) is 0.743. The second-order valence-electron chi connectivity index (χ2n) is 6.87. The van der Waals surface area contributed by atoms with E-state index in [1.165, 1.54) is 0 Å². The highest BCUT2D eigenvalue weighted by atomic mass is 16.5. The molecule has 2 aliphatic rings. The van der Waals surface area contributed by atoms with Crippen molar-refractivity contribution in [2.45, 2.75) is 57.7 Å². The Morgan fingerprint density at radius 3 is 2.79 bits per heavy atom. The number of aryl methyl sites for hydroxylation is 1. The lowest BCUT2D eigenvalue weighted by atomic mass is 9.85. The number of ether oxygens (including phenoxy) is 2. The average molecular weight is 333 g/mol. The molecular weight excluding hydrogens is 306 g/mol. The van der Waals surface area contributed by atoms with E-state index in [2.05, 4.69) is 5.32 Å². The molecule has 1 aliphatic heterocycles. The monoisotopic (exact) mass is 333 g/mol. The van der Waals surface area contributed by atoms with Gasteiger partial charge in [-0.15, -0.1) is 0 Å². The fourth-order valence-corrected chi connectivity index (χ4v) is 3.70. The summed E-state index contributed by atoms with van der Waals surface area (Å²) < 4.78 is 10.9. The van der Waals surface area contributed by atoms with Crippen molar-refractivity contribution in [2.75, 3.05) is 13.2 Å². The molecule has 1 aromatic carbocycles. The average Bonchev–Trinajstić information content (AvgIpc) is 2.58. The molecule has 5 nitrogen and oxygen atoms in total. The summed E-state index contributed by atoms with van der Waals surface area (Å²) >= 11 is 0. The molecule has 1 saturated carbocycles. The number of hydrogen-bond acceptors (Lipinski definition) is 5. The number of carbonyl (C=O) groups excluding carboxylic acids is 1. The van der Waals surface area contributed by atoms with Gasteiger partial charge in [0.2, 0.25) is 0 Å². The highest BCUT2D eigenvalue weighted by Gasteiger charge is 2.33. The van der Waals surface area contributed by atoms with Gasteiger partial charge in [-0.1, -0.05) is 12.1 Å². The van der Waals surface area contributed by atoms with Crippen molar-refractivity contribution in [3.8, 4) is 5.75 Å². The minimum Gasteiger partial charge on any atom is -0.491 e. The first-order chi connectivity index (χ1) is 11.6. The Hall–Kier alpha value is -1.59. The van der Waals surface area contributed by atoms with E-state index in [1.54, 1.807) is 0 Å². The number of aliphatic hydroxyl groups is 1. The Kier molecular flexibility index (Phi) is 5.41. The third-order valence-corrected chi connectivity index (χ3v) is 5.08. The van der Waals surface area contributed by atoms with Gasteiger partial charge in [-0.05, 0) is 51.2 Å². The van der Waals surface area contributed by atoms with Crippen LogP contribution in [-0.2, 0) is 9.53 Å². The highest BCUT2D eigenvalue weighted by molar-refractivity contribution is 5.72. The summed E-state index contributed by atoms with van der Waals surface area (Å²) in [7, 11) is 0. The maximum absolute atomic E-state index is 11.8. The molecule has 0 unspecified atom stereocenters. The van der Waals surface area contributed by atoms with Crippen LogP contribution in [0.1, 0.15) is 49.8 Å².